The molecule has 0 spiro atoms. The number of hydrogen-bond donors (Lipinski definition) is 3. The lowest BCUT2D eigenvalue weighted by molar-refractivity contribution is -0.0511. The Bertz CT molecular complexity index is 606. The fraction of sp³-hybridized carbons (Fsp3) is 0.500. The molecule has 1 fully saturated rings. The molecule has 9 heteroatoms. The highest BCUT2D eigenvalue weighted by Crippen LogP contribution is 2.31. The van der Waals surface area contributed by atoms with Gasteiger partial charge in [0, 0.05) is 0 Å². The summed E-state index contributed by atoms with van der Waals surface area (Å²) in [5, 5.41) is 28.9. The SMILES string of the molecule is OCC1O[C@@H](n2cnc3c(Cl)ncnc32)C(O)[C@H]1O. The predicted octanol–water partition coefficient (Wildman–Crippen LogP) is -0.909. The third-order valence-corrected chi connectivity index (χ3v) is 3.38. The molecule has 0 saturated carbocycles. The van der Waals surface area contributed by atoms with Crippen molar-refractivity contribution >= 4 is 22.8 Å². The number of ether oxygens (including phenoxy) is 1. The molecule has 0 amide bonds. The molecule has 1 aliphatic rings. The lowest BCUT2D eigenvalue weighted by atomic mass is 10.1. The molecular formula is C10H11ClN4O4. The van der Waals surface area contributed by atoms with Crippen LogP contribution >= 0.6 is 11.6 Å². The molecule has 19 heavy (non-hydrogen) atoms. The molecule has 2 aromatic rings. The summed E-state index contributed by atoms with van der Waals surface area (Å²) in [4.78, 5) is 11.9. The first kappa shape index (κ1) is 12.7. The number of nitrogens with zero attached hydrogens (tertiary/aromatic N) is 4. The van der Waals surface area contributed by atoms with Crippen molar-refractivity contribution in [3.05, 3.63) is 17.8 Å². The Morgan fingerprint density at radius 2 is 2.05 bits per heavy atom. The Balaban J connectivity index is 2.04. The fourth-order valence-corrected chi connectivity index (χ4v) is 2.30. The Kier molecular flexibility index (Phi) is 3.11. The van der Waals surface area contributed by atoms with Crippen molar-refractivity contribution in [3.63, 3.8) is 0 Å². The second-order valence-electron chi connectivity index (χ2n) is 4.22. The zero-order chi connectivity index (χ0) is 13.6. The molecule has 8 nitrogen and oxygen atoms in total. The van der Waals surface area contributed by atoms with E-state index < -0.39 is 31.1 Å². The molecule has 0 radical (unpaired) electrons. The molecule has 4 atom stereocenters. The van der Waals surface area contributed by atoms with Gasteiger partial charge < -0.3 is 20.1 Å². The maximum absolute atomic E-state index is 9.95. The third-order valence-electron chi connectivity index (χ3n) is 3.11. The summed E-state index contributed by atoms with van der Waals surface area (Å²) in [7, 11) is 0. The molecular weight excluding hydrogens is 276 g/mol. The van der Waals surface area contributed by atoms with E-state index in [1.165, 1.54) is 17.2 Å². The van der Waals surface area contributed by atoms with Crippen molar-refractivity contribution < 1.29 is 20.1 Å². The van der Waals surface area contributed by atoms with Gasteiger partial charge in [0.2, 0.25) is 0 Å². The van der Waals surface area contributed by atoms with Crippen LogP contribution in [0.5, 0.6) is 0 Å². The van der Waals surface area contributed by atoms with Crippen LogP contribution in [0.1, 0.15) is 6.23 Å². The monoisotopic (exact) mass is 286 g/mol. The first-order valence-electron chi connectivity index (χ1n) is 5.59. The average Bonchev–Trinajstić information content (AvgIpc) is 2.94. The van der Waals surface area contributed by atoms with Crippen LogP contribution in [0.3, 0.4) is 0 Å². The Labute approximate surface area is 112 Å². The molecule has 2 unspecified atom stereocenters. The first-order valence-corrected chi connectivity index (χ1v) is 5.96. The number of hydrogen-bond acceptors (Lipinski definition) is 7. The lowest BCUT2D eigenvalue weighted by Crippen LogP contribution is -2.33. The van der Waals surface area contributed by atoms with Crippen LogP contribution in [-0.4, -0.2) is 59.8 Å². The average molecular weight is 287 g/mol. The van der Waals surface area contributed by atoms with Crippen LogP contribution in [0.25, 0.3) is 11.2 Å². The van der Waals surface area contributed by atoms with Crippen LogP contribution < -0.4 is 0 Å². The van der Waals surface area contributed by atoms with Gasteiger partial charge in [-0.05, 0) is 0 Å². The minimum Gasteiger partial charge on any atom is -0.394 e. The van der Waals surface area contributed by atoms with E-state index in [0.717, 1.165) is 0 Å². The Morgan fingerprint density at radius 1 is 1.26 bits per heavy atom. The number of rotatable bonds is 2. The van der Waals surface area contributed by atoms with Gasteiger partial charge in [0.25, 0.3) is 0 Å². The largest absolute Gasteiger partial charge is 0.394 e. The van der Waals surface area contributed by atoms with Crippen molar-refractivity contribution in [1.29, 1.82) is 0 Å². The second kappa shape index (κ2) is 4.66. The van der Waals surface area contributed by atoms with Crippen LogP contribution in [0.4, 0.5) is 0 Å². The van der Waals surface area contributed by atoms with Gasteiger partial charge in [-0.25, -0.2) is 15.0 Å². The number of aliphatic hydroxyl groups is 3. The zero-order valence-electron chi connectivity index (χ0n) is 9.59. The second-order valence-corrected chi connectivity index (χ2v) is 4.58. The summed E-state index contributed by atoms with van der Waals surface area (Å²) < 4.78 is 6.85. The van der Waals surface area contributed by atoms with E-state index in [-0.39, 0.29) is 5.15 Å². The van der Waals surface area contributed by atoms with E-state index >= 15 is 0 Å². The molecule has 1 aliphatic heterocycles. The molecule has 3 N–H and O–H groups in total. The van der Waals surface area contributed by atoms with Crippen LogP contribution in [-0.2, 0) is 4.74 Å². The molecule has 3 rings (SSSR count). The minimum absolute atomic E-state index is 0.190. The Hall–Kier alpha value is -1.32. The van der Waals surface area contributed by atoms with Gasteiger partial charge in [0.1, 0.15) is 30.2 Å². The Morgan fingerprint density at radius 3 is 2.74 bits per heavy atom. The van der Waals surface area contributed by atoms with E-state index in [9.17, 15) is 10.2 Å². The molecule has 2 aromatic heterocycles. The van der Waals surface area contributed by atoms with E-state index in [4.69, 9.17) is 21.4 Å². The van der Waals surface area contributed by atoms with Crippen molar-refractivity contribution in [1.82, 2.24) is 19.5 Å². The number of imidazole rings is 1. The maximum atomic E-state index is 9.95. The third kappa shape index (κ3) is 1.88. The van der Waals surface area contributed by atoms with Gasteiger partial charge in [0.15, 0.2) is 17.0 Å². The smallest absolute Gasteiger partial charge is 0.167 e. The van der Waals surface area contributed by atoms with Crippen molar-refractivity contribution in [2.45, 2.75) is 24.5 Å². The summed E-state index contributed by atoms with van der Waals surface area (Å²) in [6.45, 7) is -0.392. The zero-order valence-corrected chi connectivity index (χ0v) is 10.3. The number of fused-ring (bicyclic) bond motifs is 1. The van der Waals surface area contributed by atoms with E-state index in [1.807, 2.05) is 0 Å². The first-order chi connectivity index (χ1) is 9.13. The topological polar surface area (TPSA) is 114 Å². The lowest BCUT2D eigenvalue weighted by Gasteiger charge is -2.16. The van der Waals surface area contributed by atoms with Gasteiger partial charge in [-0.2, -0.15) is 0 Å². The van der Waals surface area contributed by atoms with E-state index in [0.29, 0.717) is 11.2 Å². The van der Waals surface area contributed by atoms with E-state index in [2.05, 4.69) is 15.0 Å². The summed E-state index contributed by atoms with van der Waals surface area (Å²) in [5.74, 6) is 0. The molecule has 3 heterocycles. The summed E-state index contributed by atoms with van der Waals surface area (Å²) in [6, 6.07) is 0. The van der Waals surface area contributed by atoms with Crippen LogP contribution in [0.2, 0.25) is 5.15 Å². The van der Waals surface area contributed by atoms with E-state index in [1.54, 1.807) is 0 Å². The van der Waals surface area contributed by atoms with Gasteiger partial charge in [-0.3, -0.25) is 4.57 Å². The molecule has 1 saturated heterocycles. The summed E-state index contributed by atoms with van der Waals surface area (Å²) >= 11 is 5.88. The van der Waals surface area contributed by atoms with Gasteiger partial charge in [-0.1, -0.05) is 11.6 Å². The summed E-state index contributed by atoms with van der Waals surface area (Å²) in [6.07, 6.45) is -1.44. The normalized spacial score (nSPS) is 31.2. The fourth-order valence-electron chi connectivity index (χ4n) is 2.12. The van der Waals surface area contributed by atoms with Gasteiger partial charge in [-0.15, -0.1) is 0 Å². The highest BCUT2D eigenvalue weighted by Gasteiger charge is 2.43. The van der Waals surface area contributed by atoms with Gasteiger partial charge in [0.05, 0.1) is 12.9 Å². The maximum Gasteiger partial charge on any atom is 0.167 e. The van der Waals surface area contributed by atoms with Crippen molar-refractivity contribution in [2.24, 2.45) is 0 Å². The molecule has 0 aliphatic carbocycles. The van der Waals surface area contributed by atoms with Crippen LogP contribution in [0, 0.1) is 0 Å². The van der Waals surface area contributed by atoms with Crippen molar-refractivity contribution in [2.75, 3.05) is 6.61 Å². The highest BCUT2D eigenvalue weighted by atomic mass is 35.5. The number of halogens is 1. The van der Waals surface area contributed by atoms with Gasteiger partial charge >= 0.3 is 0 Å². The molecule has 102 valence electrons. The molecule has 0 bridgehead atoms. The predicted molar refractivity (Wildman–Crippen MR) is 63.3 cm³/mol. The molecule has 0 aromatic carbocycles. The quantitative estimate of drug-likeness (QED) is 0.613. The number of aliphatic hydroxyl groups excluding tert-OH is 3. The van der Waals surface area contributed by atoms with Crippen molar-refractivity contribution in [3.8, 4) is 0 Å². The minimum atomic E-state index is -1.19. The number of aromatic nitrogens is 4. The van der Waals surface area contributed by atoms with Crippen LogP contribution in [0.15, 0.2) is 12.7 Å². The highest BCUT2D eigenvalue weighted by molar-refractivity contribution is 6.33. The standard InChI is InChI=1S/C10H11ClN4O4/c11-8-5-9(13-2-12-8)15(3-14-5)10-7(18)6(17)4(1-16)19-10/h2-4,6-7,10,16-18H,1H2/t4?,6-,7?,10+/m0/s1. The summed E-state index contributed by atoms with van der Waals surface area (Å²) in [5.41, 5.74) is 0.761.